The molecule has 0 aromatic heterocycles. The zero-order valence-corrected chi connectivity index (χ0v) is 10.5. The summed E-state index contributed by atoms with van der Waals surface area (Å²) in [6.45, 7) is 0. The molecule has 0 aliphatic rings. The Morgan fingerprint density at radius 1 is 1.29 bits per heavy atom. The van der Waals surface area contributed by atoms with Crippen molar-refractivity contribution in [2.45, 2.75) is 0 Å². The van der Waals surface area contributed by atoms with Gasteiger partial charge < -0.3 is 19.9 Å². The lowest BCUT2D eigenvalue weighted by Crippen LogP contribution is -1.85. The van der Waals surface area contributed by atoms with Crippen molar-refractivity contribution >= 4 is 43.0 Å². The van der Waals surface area contributed by atoms with Gasteiger partial charge in [-0.15, -0.1) is 0 Å². The molecule has 0 bridgehead atoms. The number of hydrogen-bond acceptors (Lipinski definition) is 4. The molecule has 0 heterocycles. The number of carboxylic acids is 1. The maximum absolute atomic E-state index is 10.1. The third-order valence-electron chi connectivity index (χ3n) is 1.42. The summed E-state index contributed by atoms with van der Waals surface area (Å²) in [5, 5.41) is 26.3. The first kappa shape index (κ1) is 15.9. The van der Waals surface area contributed by atoms with Crippen LogP contribution in [0.3, 0.4) is 0 Å². The van der Waals surface area contributed by atoms with Crippen molar-refractivity contribution in [3.05, 3.63) is 29.8 Å². The van der Waals surface area contributed by atoms with Crippen LogP contribution in [-0.2, 0) is 14.4 Å². The van der Waals surface area contributed by atoms with E-state index in [4.69, 9.17) is 19.9 Å². The van der Waals surface area contributed by atoms with Crippen LogP contribution >= 0.6 is 21.4 Å². The number of phenolic OH excluding ortho intramolecular Hbond substituents is 2. The van der Waals surface area contributed by atoms with Gasteiger partial charge in [0.1, 0.15) is 0 Å². The van der Waals surface area contributed by atoms with Crippen LogP contribution in [0.25, 0.3) is 6.08 Å². The Balaban J connectivity index is 0.000000557. The van der Waals surface area contributed by atoms with Crippen molar-refractivity contribution in [1.29, 1.82) is 0 Å². The Hall–Kier alpha value is -1.08. The Bertz CT molecular complexity index is 406. The molecule has 0 aliphatic heterocycles. The van der Waals surface area contributed by atoms with Gasteiger partial charge in [0.15, 0.2) is 42.5 Å². The first-order valence-corrected chi connectivity index (χ1v) is 6.80. The van der Waals surface area contributed by atoms with Gasteiger partial charge in [-0.05, 0) is 23.8 Å². The molecule has 0 radical (unpaired) electrons. The molecule has 94 valence electrons. The summed E-state index contributed by atoms with van der Waals surface area (Å²) in [7, 11) is 7.36. The van der Waals surface area contributed by atoms with E-state index in [0.29, 0.717) is 5.56 Å². The Morgan fingerprint density at radius 2 is 1.82 bits per heavy atom. The maximum Gasteiger partial charge on any atom is 0.328 e. The SMILES string of the molecule is O=C(O)/C=C/c1ccc(O)c(O)c1.[O-][S+](Cl)Cl. The zero-order chi connectivity index (χ0) is 13.4. The van der Waals surface area contributed by atoms with Crippen molar-refractivity contribution in [2.24, 2.45) is 0 Å². The second kappa shape index (κ2) is 8.08. The van der Waals surface area contributed by atoms with Crippen LogP contribution in [0.2, 0.25) is 0 Å². The molecule has 0 saturated carbocycles. The van der Waals surface area contributed by atoms with Crippen LogP contribution in [0, 0.1) is 0 Å². The molecule has 0 fully saturated rings. The van der Waals surface area contributed by atoms with Gasteiger partial charge in [-0.2, -0.15) is 0 Å². The molecule has 0 atom stereocenters. The lowest BCUT2D eigenvalue weighted by atomic mass is 10.2. The Labute approximate surface area is 109 Å². The third-order valence-corrected chi connectivity index (χ3v) is 1.42. The van der Waals surface area contributed by atoms with Crippen LogP contribution in [0.5, 0.6) is 11.5 Å². The largest absolute Gasteiger partial charge is 0.582 e. The van der Waals surface area contributed by atoms with E-state index in [1.54, 1.807) is 0 Å². The summed E-state index contributed by atoms with van der Waals surface area (Å²) in [6, 6.07) is 4.06. The topological polar surface area (TPSA) is 101 Å². The van der Waals surface area contributed by atoms with E-state index in [1.807, 2.05) is 0 Å². The van der Waals surface area contributed by atoms with Crippen molar-refractivity contribution in [3.63, 3.8) is 0 Å². The number of carbonyl (C=O) groups is 1. The predicted molar refractivity (Wildman–Crippen MR) is 66.3 cm³/mol. The summed E-state index contributed by atoms with van der Waals surface area (Å²) < 4.78 is 9.09. The fraction of sp³-hybridized carbons (Fsp3) is 0. The fourth-order valence-electron chi connectivity index (χ4n) is 0.812. The van der Waals surface area contributed by atoms with Gasteiger partial charge >= 0.3 is 5.97 Å². The standard InChI is InChI=1S/C9H8O4.Cl2OS/c10-7-3-1-6(5-8(7)11)2-4-9(12)13;1-4(2)3/h1-5,10-11H,(H,12,13);/b4-2+;. The molecule has 1 rings (SSSR count). The number of phenols is 2. The van der Waals surface area contributed by atoms with E-state index in [2.05, 4.69) is 21.4 Å². The quantitative estimate of drug-likeness (QED) is 0.441. The highest BCUT2D eigenvalue weighted by molar-refractivity contribution is 8.31. The van der Waals surface area contributed by atoms with Crippen LogP contribution < -0.4 is 0 Å². The Morgan fingerprint density at radius 3 is 2.24 bits per heavy atom. The molecule has 0 saturated heterocycles. The minimum atomic E-state index is -1.67. The van der Waals surface area contributed by atoms with Crippen molar-refractivity contribution in [3.8, 4) is 11.5 Å². The molecule has 17 heavy (non-hydrogen) atoms. The highest BCUT2D eigenvalue weighted by atomic mass is 36.0. The highest BCUT2D eigenvalue weighted by Gasteiger charge is 1.97. The van der Waals surface area contributed by atoms with E-state index >= 15 is 0 Å². The van der Waals surface area contributed by atoms with E-state index in [-0.39, 0.29) is 11.5 Å². The third kappa shape index (κ3) is 8.70. The normalized spacial score (nSPS) is 10.1. The molecule has 0 unspecified atom stereocenters. The van der Waals surface area contributed by atoms with E-state index in [0.717, 1.165) is 6.08 Å². The van der Waals surface area contributed by atoms with E-state index in [1.165, 1.54) is 24.3 Å². The number of aromatic hydroxyl groups is 2. The van der Waals surface area contributed by atoms with Gasteiger partial charge in [0, 0.05) is 6.08 Å². The number of hydrogen-bond donors (Lipinski definition) is 3. The molecule has 0 aliphatic carbocycles. The second-order valence-electron chi connectivity index (χ2n) is 2.60. The minimum Gasteiger partial charge on any atom is -0.582 e. The molecular weight excluding hydrogens is 291 g/mol. The molecule has 3 N–H and O–H groups in total. The molecular formula is C9H8Cl2O5S. The average molecular weight is 299 g/mol. The first-order valence-electron chi connectivity index (χ1n) is 4.00. The lowest BCUT2D eigenvalue weighted by molar-refractivity contribution is -0.131. The van der Waals surface area contributed by atoms with Gasteiger partial charge in [0.05, 0.1) is 0 Å². The van der Waals surface area contributed by atoms with Crippen LogP contribution in [0.15, 0.2) is 24.3 Å². The molecule has 1 aromatic carbocycles. The van der Waals surface area contributed by atoms with Gasteiger partial charge in [0.2, 0.25) is 0 Å². The number of benzene rings is 1. The van der Waals surface area contributed by atoms with Gasteiger partial charge in [-0.25, -0.2) is 4.79 Å². The molecule has 5 nitrogen and oxygen atoms in total. The van der Waals surface area contributed by atoms with E-state index in [9.17, 15) is 4.79 Å². The van der Waals surface area contributed by atoms with Crippen molar-refractivity contribution in [1.82, 2.24) is 0 Å². The smallest absolute Gasteiger partial charge is 0.328 e. The van der Waals surface area contributed by atoms with Crippen molar-refractivity contribution in [2.75, 3.05) is 0 Å². The Kier molecular flexibility index (Phi) is 7.56. The van der Waals surface area contributed by atoms with Gasteiger partial charge in [0.25, 0.3) is 0 Å². The summed E-state index contributed by atoms with van der Waals surface area (Å²) in [5.41, 5.74) is 0.512. The number of rotatable bonds is 2. The maximum atomic E-state index is 10.1. The van der Waals surface area contributed by atoms with Crippen LogP contribution in [0.4, 0.5) is 0 Å². The number of aliphatic carboxylic acids is 1. The summed E-state index contributed by atoms with van der Waals surface area (Å²) in [6.07, 6.45) is 2.27. The summed E-state index contributed by atoms with van der Waals surface area (Å²) in [5.74, 6) is -1.56. The van der Waals surface area contributed by atoms with Crippen molar-refractivity contribution < 1.29 is 24.7 Å². The molecule has 1 aromatic rings. The second-order valence-corrected chi connectivity index (χ2v) is 5.13. The molecule has 8 heteroatoms. The minimum absolute atomic E-state index is 0.229. The number of carboxylic acid groups (broad SMARTS) is 1. The summed E-state index contributed by atoms with van der Waals surface area (Å²) in [4.78, 5) is 10.1. The monoisotopic (exact) mass is 298 g/mol. The first-order chi connectivity index (χ1) is 7.82. The molecule has 0 spiro atoms. The van der Waals surface area contributed by atoms with Crippen LogP contribution in [-0.4, -0.2) is 25.8 Å². The highest BCUT2D eigenvalue weighted by Crippen LogP contribution is 2.25. The van der Waals surface area contributed by atoms with E-state index < -0.39 is 15.6 Å². The summed E-state index contributed by atoms with van der Waals surface area (Å²) >= 11 is 0. The predicted octanol–water partition coefficient (Wildman–Crippen LogP) is 2.24. The van der Waals surface area contributed by atoms with Gasteiger partial charge in [-0.3, -0.25) is 0 Å². The fourth-order valence-corrected chi connectivity index (χ4v) is 0.812. The average Bonchev–Trinajstić information content (AvgIpc) is 2.19. The van der Waals surface area contributed by atoms with Gasteiger partial charge in [-0.1, -0.05) is 6.07 Å². The number of halogens is 2. The lowest BCUT2D eigenvalue weighted by Gasteiger charge is -1.97. The zero-order valence-electron chi connectivity index (χ0n) is 8.21. The molecule has 0 amide bonds. The van der Waals surface area contributed by atoms with Crippen LogP contribution in [0.1, 0.15) is 5.56 Å².